The summed E-state index contributed by atoms with van der Waals surface area (Å²) in [4.78, 5) is 0.211. The Balaban J connectivity index is 2.42. The van der Waals surface area contributed by atoms with Gasteiger partial charge in [-0.2, -0.15) is 5.26 Å². The first-order valence-corrected chi connectivity index (χ1v) is 7.34. The average molecular weight is 265 g/mol. The van der Waals surface area contributed by atoms with Crippen LogP contribution in [0.3, 0.4) is 0 Å². The number of benzene rings is 1. The lowest BCUT2D eigenvalue weighted by Crippen LogP contribution is -2.21. The first kappa shape index (κ1) is 12.9. The SMILES string of the molecule is CCOc1ccc(S(=O)(=O)C2(C#N)CC2)cc1C. The summed E-state index contributed by atoms with van der Waals surface area (Å²) in [7, 11) is -3.55. The Morgan fingerprint density at radius 2 is 2.11 bits per heavy atom. The minimum atomic E-state index is -3.55. The zero-order valence-corrected chi connectivity index (χ0v) is 11.3. The second-order valence-corrected chi connectivity index (χ2v) is 6.73. The molecule has 0 spiro atoms. The van der Waals surface area contributed by atoms with Gasteiger partial charge in [0.1, 0.15) is 5.75 Å². The molecule has 96 valence electrons. The first-order chi connectivity index (χ1) is 8.47. The molecule has 0 radical (unpaired) electrons. The van der Waals surface area contributed by atoms with Crippen LogP contribution in [0.25, 0.3) is 0 Å². The van der Waals surface area contributed by atoms with E-state index in [1.165, 1.54) is 6.07 Å². The van der Waals surface area contributed by atoms with E-state index >= 15 is 0 Å². The normalized spacial score (nSPS) is 16.9. The molecule has 18 heavy (non-hydrogen) atoms. The van der Waals surface area contributed by atoms with Crippen molar-refractivity contribution in [1.82, 2.24) is 0 Å². The second kappa shape index (κ2) is 4.29. The van der Waals surface area contributed by atoms with Crippen molar-refractivity contribution in [2.45, 2.75) is 36.3 Å². The van der Waals surface area contributed by atoms with Crippen molar-refractivity contribution in [1.29, 1.82) is 5.26 Å². The predicted molar refractivity (Wildman–Crippen MR) is 67.1 cm³/mol. The molecule has 0 aromatic heterocycles. The maximum atomic E-state index is 12.3. The molecular formula is C13H15NO3S. The van der Waals surface area contributed by atoms with Crippen molar-refractivity contribution in [3.8, 4) is 11.8 Å². The average Bonchev–Trinajstić information content (AvgIpc) is 3.13. The van der Waals surface area contributed by atoms with Gasteiger partial charge in [0.15, 0.2) is 14.6 Å². The van der Waals surface area contributed by atoms with Gasteiger partial charge in [-0.1, -0.05) is 0 Å². The van der Waals surface area contributed by atoms with Crippen LogP contribution in [0.15, 0.2) is 23.1 Å². The lowest BCUT2D eigenvalue weighted by atomic mass is 10.2. The molecule has 1 fully saturated rings. The van der Waals surface area contributed by atoms with Crippen LogP contribution >= 0.6 is 0 Å². The van der Waals surface area contributed by atoms with Gasteiger partial charge in [0.25, 0.3) is 0 Å². The van der Waals surface area contributed by atoms with Crippen LogP contribution in [0, 0.1) is 18.3 Å². The van der Waals surface area contributed by atoms with Crippen LogP contribution < -0.4 is 4.74 Å². The van der Waals surface area contributed by atoms with Gasteiger partial charge in [-0.3, -0.25) is 0 Å². The highest BCUT2D eigenvalue weighted by Gasteiger charge is 2.56. The molecule has 1 saturated carbocycles. The van der Waals surface area contributed by atoms with Crippen LogP contribution in [-0.4, -0.2) is 19.8 Å². The van der Waals surface area contributed by atoms with Gasteiger partial charge in [-0.25, -0.2) is 8.42 Å². The molecule has 1 aromatic rings. The van der Waals surface area contributed by atoms with E-state index in [9.17, 15) is 8.42 Å². The molecule has 0 heterocycles. The Morgan fingerprint density at radius 1 is 1.44 bits per heavy atom. The Hall–Kier alpha value is -1.54. The molecule has 1 aliphatic carbocycles. The summed E-state index contributed by atoms with van der Waals surface area (Å²) >= 11 is 0. The van der Waals surface area contributed by atoms with E-state index in [1.807, 2.05) is 13.0 Å². The molecule has 0 amide bonds. The highest BCUT2D eigenvalue weighted by atomic mass is 32.2. The molecule has 1 aliphatic rings. The smallest absolute Gasteiger partial charge is 0.197 e. The van der Waals surface area contributed by atoms with Crippen molar-refractivity contribution in [2.24, 2.45) is 0 Å². The molecule has 5 heteroatoms. The number of nitriles is 1. The largest absolute Gasteiger partial charge is 0.494 e. The number of aryl methyl sites for hydroxylation is 1. The number of nitrogens with zero attached hydrogens (tertiary/aromatic N) is 1. The van der Waals surface area contributed by atoms with E-state index in [-0.39, 0.29) is 4.90 Å². The van der Waals surface area contributed by atoms with Crippen molar-refractivity contribution in [3.63, 3.8) is 0 Å². The summed E-state index contributed by atoms with van der Waals surface area (Å²) in [5, 5.41) is 9.01. The Bertz CT molecular complexity index is 610. The van der Waals surface area contributed by atoms with E-state index in [2.05, 4.69) is 0 Å². The van der Waals surface area contributed by atoms with Crippen molar-refractivity contribution < 1.29 is 13.2 Å². The van der Waals surface area contributed by atoms with Gasteiger partial charge < -0.3 is 4.74 Å². The fraction of sp³-hybridized carbons (Fsp3) is 0.462. The highest BCUT2D eigenvalue weighted by molar-refractivity contribution is 7.93. The Kier molecular flexibility index (Phi) is 3.07. The molecule has 2 rings (SSSR count). The zero-order chi connectivity index (χ0) is 13.4. The van der Waals surface area contributed by atoms with E-state index in [1.54, 1.807) is 19.1 Å². The lowest BCUT2D eigenvalue weighted by molar-refractivity contribution is 0.337. The van der Waals surface area contributed by atoms with Crippen LogP contribution in [0.5, 0.6) is 5.75 Å². The van der Waals surface area contributed by atoms with Crippen LogP contribution in [0.4, 0.5) is 0 Å². The van der Waals surface area contributed by atoms with Crippen molar-refractivity contribution in [3.05, 3.63) is 23.8 Å². The van der Waals surface area contributed by atoms with Crippen LogP contribution in [0.2, 0.25) is 0 Å². The topological polar surface area (TPSA) is 67.2 Å². The number of hydrogen-bond donors (Lipinski definition) is 0. The molecule has 4 nitrogen and oxygen atoms in total. The Morgan fingerprint density at radius 3 is 2.56 bits per heavy atom. The monoisotopic (exact) mass is 265 g/mol. The maximum Gasteiger partial charge on any atom is 0.197 e. The van der Waals surface area contributed by atoms with E-state index in [4.69, 9.17) is 10.00 Å². The number of ether oxygens (including phenoxy) is 1. The highest BCUT2D eigenvalue weighted by Crippen LogP contribution is 2.46. The third kappa shape index (κ3) is 1.87. The van der Waals surface area contributed by atoms with Gasteiger partial charge >= 0.3 is 0 Å². The van der Waals surface area contributed by atoms with Crippen molar-refractivity contribution >= 4 is 9.84 Å². The summed E-state index contributed by atoms with van der Waals surface area (Å²) in [6.45, 7) is 4.21. The molecular weight excluding hydrogens is 250 g/mol. The predicted octanol–water partition coefficient (Wildman–Crippen LogP) is 2.22. The van der Waals surface area contributed by atoms with Gasteiger partial charge in [0.2, 0.25) is 0 Å². The van der Waals surface area contributed by atoms with Gasteiger partial charge in [-0.05, 0) is 50.5 Å². The van der Waals surface area contributed by atoms with Gasteiger partial charge in [0.05, 0.1) is 17.6 Å². The van der Waals surface area contributed by atoms with Gasteiger partial charge in [0, 0.05) is 0 Å². The molecule has 0 unspecified atom stereocenters. The molecule has 0 aliphatic heterocycles. The summed E-state index contributed by atoms with van der Waals surface area (Å²) in [5.41, 5.74) is 0.770. The first-order valence-electron chi connectivity index (χ1n) is 5.86. The van der Waals surface area contributed by atoms with Crippen LogP contribution in [-0.2, 0) is 9.84 Å². The summed E-state index contributed by atoms with van der Waals surface area (Å²) in [6, 6.07) is 6.68. The van der Waals surface area contributed by atoms with Crippen LogP contribution in [0.1, 0.15) is 25.3 Å². The second-order valence-electron chi connectivity index (χ2n) is 4.47. The third-order valence-electron chi connectivity index (χ3n) is 3.18. The molecule has 0 atom stereocenters. The lowest BCUT2D eigenvalue weighted by Gasteiger charge is -2.12. The van der Waals surface area contributed by atoms with Gasteiger partial charge in [-0.15, -0.1) is 0 Å². The number of hydrogen-bond acceptors (Lipinski definition) is 4. The minimum Gasteiger partial charge on any atom is -0.494 e. The zero-order valence-electron chi connectivity index (χ0n) is 10.4. The quantitative estimate of drug-likeness (QED) is 0.837. The summed E-state index contributed by atoms with van der Waals surface area (Å²) in [6.07, 6.45) is 0.857. The number of rotatable bonds is 4. The molecule has 0 saturated heterocycles. The fourth-order valence-corrected chi connectivity index (χ4v) is 3.68. The minimum absolute atomic E-state index is 0.211. The van der Waals surface area contributed by atoms with E-state index in [0.29, 0.717) is 25.2 Å². The maximum absolute atomic E-state index is 12.3. The molecule has 1 aromatic carbocycles. The van der Waals surface area contributed by atoms with Crippen molar-refractivity contribution in [2.75, 3.05) is 6.61 Å². The van der Waals surface area contributed by atoms with E-state index < -0.39 is 14.6 Å². The fourth-order valence-electron chi connectivity index (χ4n) is 1.89. The number of sulfone groups is 1. The summed E-state index contributed by atoms with van der Waals surface area (Å²) in [5.74, 6) is 0.679. The summed E-state index contributed by atoms with van der Waals surface area (Å²) < 4.78 is 28.8. The third-order valence-corrected chi connectivity index (χ3v) is 5.58. The standard InChI is InChI=1S/C13H15NO3S/c1-3-17-12-5-4-11(8-10(12)2)18(15,16)13(9-14)6-7-13/h4-5,8H,3,6-7H2,1-2H3. The molecule has 0 N–H and O–H groups in total. The molecule has 0 bridgehead atoms. The van der Waals surface area contributed by atoms with E-state index in [0.717, 1.165) is 5.56 Å². The Labute approximate surface area is 107 Å².